The van der Waals surface area contributed by atoms with Gasteiger partial charge < -0.3 is 29.5 Å². The third-order valence-electron chi connectivity index (χ3n) is 6.61. The molecule has 0 aromatic heterocycles. The van der Waals surface area contributed by atoms with E-state index in [-0.39, 0.29) is 22.6 Å². The first-order chi connectivity index (χ1) is 16.1. The van der Waals surface area contributed by atoms with E-state index in [2.05, 4.69) is 19.2 Å². The van der Waals surface area contributed by atoms with Crippen molar-refractivity contribution in [1.29, 1.82) is 0 Å². The van der Waals surface area contributed by atoms with E-state index >= 15 is 0 Å². The topological polar surface area (TPSA) is 140 Å². The van der Waals surface area contributed by atoms with E-state index in [9.17, 15) is 24.6 Å². The van der Waals surface area contributed by atoms with E-state index in [4.69, 9.17) is 19.3 Å². The maximum atomic E-state index is 13.0. The van der Waals surface area contributed by atoms with Gasteiger partial charge in [-0.1, -0.05) is 36.0 Å². The van der Waals surface area contributed by atoms with Gasteiger partial charge in [0, 0.05) is 17.9 Å². The molecule has 9 heteroatoms. The van der Waals surface area contributed by atoms with E-state index in [0.717, 1.165) is 29.2 Å². The van der Waals surface area contributed by atoms with Gasteiger partial charge in [-0.05, 0) is 26.3 Å². The Bertz CT molecular complexity index is 1000. The molecule has 184 valence electrons. The Balaban J connectivity index is 1.78. The number of hydrogen-bond donors (Lipinski definition) is 3. The van der Waals surface area contributed by atoms with Gasteiger partial charge in [-0.25, -0.2) is 14.4 Å². The highest BCUT2D eigenvalue weighted by atomic mass is 16.6. The fourth-order valence-corrected chi connectivity index (χ4v) is 4.70. The Morgan fingerprint density at radius 1 is 1.29 bits per heavy atom. The summed E-state index contributed by atoms with van der Waals surface area (Å²) in [5, 5.41) is 27.8. The Kier molecular flexibility index (Phi) is 7.91. The lowest BCUT2D eigenvalue weighted by Gasteiger charge is -2.28. The molecule has 1 aliphatic heterocycles. The summed E-state index contributed by atoms with van der Waals surface area (Å²) in [4.78, 5) is 37.4. The minimum absolute atomic E-state index is 0.0886. The van der Waals surface area contributed by atoms with Crippen LogP contribution in [0.3, 0.4) is 0 Å². The lowest BCUT2D eigenvalue weighted by Crippen LogP contribution is -2.36. The van der Waals surface area contributed by atoms with Gasteiger partial charge in [0.05, 0.1) is 30.3 Å². The maximum Gasteiger partial charge on any atom is 0.337 e. The fraction of sp³-hybridized carbons (Fsp3) is 0.480. The normalized spacial score (nSPS) is 27.3. The van der Waals surface area contributed by atoms with Crippen LogP contribution in [0.1, 0.15) is 26.7 Å². The summed E-state index contributed by atoms with van der Waals surface area (Å²) in [5.41, 5.74) is 3.03. The summed E-state index contributed by atoms with van der Waals surface area (Å²) in [6.45, 7) is 9.43. The van der Waals surface area contributed by atoms with Gasteiger partial charge in [-0.3, -0.25) is 0 Å². The van der Waals surface area contributed by atoms with Gasteiger partial charge in [0.2, 0.25) is 0 Å². The molecule has 1 unspecified atom stereocenters. The van der Waals surface area contributed by atoms with Crippen LogP contribution in [-0.2, 0) is 28.6 Å². The molecule has 34 heavy (non-hydrogen) atoms. The Morgan fingerprint density at radius 3 is 2.65 bits per heavy atom. The van der Waals surface area contributed by atoms with Crippen molar-refractivity contribution in [3.63, 3.8) is 0 Å². The summed E-state index contributed by atoms with van der Waals surface area (Å²) in [7, 11) is 0. The van der Waals surface area contributed by atoms with Crippen LogP contribution in [0.2, 0.25) is 0 Å². The Labute approximate surface area is 197 Å². The largest absolute Gasteiger partial charge is 0.458 e. The van der Waals surface area contributed by atoms with E-state index in [0.29, 0.717) is 6.42 Å². The number of aliphatic hydroxyl groups is 3. The van der Waals surface area contributed by atoms with E-state index in [1.165, 1.54) is 0 Å². The number of fused-ring (bicyclic) bond motifs is 3. The number of carbonyl (C=O) groups is 3. The fourth-order valence-electron chi connectivity index (χ4n) is 4.70. The predicted molar refractivity (Wildman–Crippen MR) is 120 cm³/mol. The number of hydrogen-bond acceptors (Lipinski definition) is 9. The third kappa shape index (κ3) is 4.91. The number of esters is 3. The van der Waals surface area contributed by atoms with Crippen LogP contribution in [0.4, 0.5) is 0 Å². The molecule has 0 amide bonds. The average Bonchev–Trinajstić information content (AvgIpc) is 3.29. The number of aliphatic hydroxyl groups excluding tert-OH is 3. The van der Waals surface area contributed by atoms with Crippen molar-refractivity contribution in [3.8, 4) is 0 Å². The minimum Gasteiger partial charge on any atom is -0.458 e. The molecular formula is C25H30O9. The summed E-state index contributed by atoms with van der Waals surface area (Å²) in [5.74, 6) is -2.99. The van der Waals surface area contributed by atoms with Gasteiger partial charge in [-0.15, -0.1) is 0 Å². The van der Waals surface area contributed by atoms with Gasteiger partial charge in [-0.2, -0.15) is 0 Å². The standard InChI is InChI=1S/C25H30O9/c1-12-5-6-17-13(2)9-19(21-15(4)24(30)34-22(21)20(12)17)33-25(31)16(7-8-26)11-32-23(29)14(3)18(28)10-27/h5,7,18-22,26-28H,3-4,6,8-11H2,1-2H3/b16-7+/t18?,19-,20+,21-,22-/m1/s1. The van der Waals surface area contributed by atoms with Crippen molar-refractivity contribution in [1.82, 2.24) is 0 Å². The molecule has 3 aliphatic rings. The summed E-state index contributed by atoms with van der Waals surface area (Å²) >= 11 is 0. The third-order valence-corrected chi connectivity index (χ3v) is 6.61. The van der Waals surface area contributed by atoms with Crippen molar-refractivity contribution in [2.45, 2.75) is 45.0 Å². The first-order valence-corrected chi connectivity index (χ1v) is 11.0. The predicted octanol–water partition coefficient (Wildman–Crippen LogP) is 1.05. The van der Waals surface area contributed by atoms with Gasteiger partial charge in [0.1, 0.15) is 24.9 Å². The minimum atomic E-state index is -1.49. The first kappa shape index (κ1) is 25.6. The van der Waals surface area contributed by atoms with Crippen LogP contribution < -0.4 is 0 Å². The monoisotopic (exact) mass is 474 g/mol. The molecule has 0 aromatic rings. The van der Waals surface area contributed by atoms with E-state index < -0.39 is 62.0 Å². The second-order valence-corrected chi connectivity index (χ2v) is 8.72. The molecule has 3 rings (SSSR count). The zero-order valence-electron chi connectivity index (χ0n) is 19.3. The molecule has 1 saturated heterocycles. The summed E-state index contributed by atoms with van der Waals surface area (Å²) in [6, 6.07) is 0. The van der Waals surface area contributed by atoms with E-state index in [1.807, 2.05) is 13.8 Å². The second kappa shape index (κ2) is 10.5. The van der Waals surface area contributed by atoms with Crippen LogP contribution in [-0.4, -0.2) is 71.4 Å². The smallest absolute Gasteiger partial charge is 0.337 e. The van der Waals surface area contributed by atoms with Crippen LogP contribution >= 0.6 is 0 Å². The van der Waals surface area contributed by atoms with E-state index in [1.54, 1.807) is 0 Å². The lowest BCUT2D eigenvalue weighted by atomic mass is 9.82. The van der Waals surface area contributed by atoms with Gasteiger partial charge >= 0.3 is 17.9 Å². The molecule has 0 saturated carbocycles. The molecule has 0 aromatic carbocycles. The molecule has 9 nitrogen and oxygen atoms in total. The Hall–Kier alpha value is -3.01. The van der Waals surface area contributed by atoms with Crippen LogP contribution in [0.25, 0.3) is 0 Å². The lowest BCUT2D eigenvalue weighted by molar-refractivity contribution is -0.149. The summed E-state index contributed by atoms with van der Waals surface area (Å²) in [6.07, 6.45) is 1.60. The second-order valence-electron chi connectivity index (χ2n) is 8.72. The molecule has 0 bridgehead atoms. The molecular weight excluding hydrogens is 444 g/mol. The molecule has 0 radical (unpaired) electrons. The molecule has 1 fully saturated rings. The van der Waals surface area contributed by atoms with Crippen molar-refractivity contribution in [3.05, 3.63) is 58.7 Å². The van der Waals surface area contributed by atoms with Crippen LogP contribution in [0.5, 0.6) is 0 Å². The number of ether oxygens (including phenoxy) is 3. The van der Waals surface area contributed by atoms with Crippen LogP contribution in [0, 0.1) is 11.8 Å². The number of carbonyl (C=O) groups excluding carboxylic acids is 3. The van der Waals surface area contributed by atoms with Gasteiger partial charge in [0.25, 0.3) is 0 Å². The van der Waals surface area contributed by atoms with Gasteiger partial charge in [0.15, 0.2) is 0 Å². The number of rotatable bonds is 8. The number of allylic oxidation sites excluding steroid dienone is 1. The first-order valence-electron chi connectivity index (χ1n) is 11.0. The summed E-state index contributed by atoms with van der Waals surface area (Å²) < 4.78 is 16.4. The molecule has 3 N–H and O–H groups in total. The zero-order chi connectivity index (χ0) is 25.2. The SMILES string of the molecule is C=C(C(=O)OC/C(=C\CO)C(=O)O[C@@H]1CC(C)=C2CC=C(C)[C@@H]2[C@H]2OC(=O)C(=C)[C@@H]21)C(O)CO. The quantitative estimate of drug-likeness (QED) is 0.204. The zero-order valence-corrected chi connectivity index (χ0v) is 19.3. The molecule has 2 aliphatic carbocycles. The highest BCUT2D eigenvalue weighted by molar-refractivity contribution is 5.93. The van der Waals surface area contributed by atoms with Crippen molar-refractivity contribution in [2.75, 3.05) is 19.8 Å². The maximum absolute atomic E-state index is 13.0. The Morgan fingerprint density at radius 2 is 2.00 bits per heavy atom. The highest BCUT2D eigenvalue weighted by Gasteiger charge is 2.52. The van der Waals surface area contributed by atoms with Crippen LogP contribution in [0.15, 0.2) is 58.7 Å². The van der Waals surface area contributed by atoms with Crippen molar-refractivity contribution in [2.24, 2.45) is 11.8 Å². The highest BCUT2D eigenvalue weighted by Crippen LogP contribution is 2.49. The molecule has 0 spiro atoms. The van der Waals surface area contributed by atoms with Crippen molar-refractivity contribution < 1.29 is 43.9 Å². The molecule has 5 atom stereocenters. The molecule has 1 heterocycles. The van der Waals surface area contributed by atoms with Crippen molar-refractivity contribution >= 4 is 17.9 Å². The average molecular weight is 475 g/mol.